The Morgan fingerprint density at radius 1 is 0.939 bits per heavy atom. The van der Waals surface area contributed by atoms with Crippen LogP contribution in [0.3, 0.4) is 0 Å². The van der Waals surface area contributed by atoms with Crippen LogP contribution in [0.1, 0.15) is 30.0 Å². The topological polar surface area (TPSA) is 67.2 Å². The quantitative estimate of drug-likeness (QED) is 0.474. The minimum Gasteiger partial charge on any atom is -0.354 e. The number of fused-ring (bicyclic) bond motifs is 1. The molecule has 0 amide bonds. The van der Waals surface area contributed by atoms with Gasteiger partial charge < -0.3 is 4.90 Å². The summed E-state index contributed by atoms with van der Waals surface area (Å²) in [4.78, 5) is 27.2. The van der Waals surface area contributed by atoms with E-state index < -0.39 is 0 Å². The van der Waals surface area contributed by atoms with E-state index in [-0.39, 0.29) is 11.6 Å². The Balaban J connectivity index is 1.35. The first-order valence-corrected chi connectivity index (χ1v) is 11.4. The van der Waals surface area contributed by atoms with Gasteiger partial charge in [-0.15, -0.1) is 0 Å². The van der Waals surface area contributed by atoms with Crippen LogP contribution >= 0.6 is 0 Å². The van der Waals surface area contributed by atoms with E-state index in [2.05, 4.69) is 50.2 Å². The van der Waals surface area contributed by atoms with Gasteiger partial charge in [0, 0.05) is 44.2 Å². The van der Waals surface area contributed by atoms with Gasteiger partial charge in [0.05, 0.1) is 23.3 Å². The monoisotopic (exact) mass is 440 g/mol. The summed E-state index contributed by atoms with van der Waals surface area (Å²) in [7, 11) is 0. The zero-order valence-corrected chi connectivity index (χ0v) is 19.1. The number of aromatic nitrogens is 4. The van der Waals surface area contributed by atoms with Crippen LogP contribution in [0.25, 0.3) is 10.8 Å². The molecule has 1 unspecified atom stereocenters. The number of nitrogens with zero attached hydrogens (tertiary/aromatic N) is 6. The lowest BCUT2D eigenvalue weighted by Gasteiger charge is -2.35. The molecule has 2 aromatic carbocycles. The van der Waals surface area contributed by atoms with Crippen LogP contribution in [-0.4, -0.2) is 50.8 Å². The molecule has 1 aliphatic heterocycles. The highest BCUT2D eigenvalue weighted by Crippen LogP contribution is 2.21. The number of aryl methyl sites for hydroxylation is 1. The average molecular weight is 441 g/mol. The van der Waals surface area contributed by atoms with Gasteiger partial charge in [-0.25, -0.2) is 14.6 Å². The molecule has 0 N–H and O–H groups in total. The molecule has 5 rings (SSSR count). The van der Waals surface area contributed by atoms with Crippen LogP contribution in [0.4, 0.5) is 5.82 Å². The van der Waals surface area contributed by atoms with Crippen LogP contribution in [0.15, 0.2) is 71.7 Å². The number of rotatable bonds is 5. The third-order valence-corrected chi connectivity index (χ3v) is 6.30. The Kier molecular flexibility index (Phi) is 5.88. The van der Waals surface area contributed by atoms with Crippen molar-refractivity contribution < 1.29 is 0 Å². The molecule has 33 heavy (non-hydrogen) atoms. The van der Waals surface area contributed by atoms with Crippen molar-refractivity contribution >= 4 is 16.6 Å². The zero-order valence-electron chi connectivity index (χ0n) is 19.1. The number of hydrogen-bond donors (Lipinski definition) is 0. The molecule has 2 aromatic heterocycles. The van der Waals surface area contributed by atoms with Gasteiger partial charge in [-0.1, -0.05) is 48.5 Å². The van der Waals surface area contributed by atoms with Crippen LogP contribution < -0.4 is 10.5 Å². The van der Waals surface area contributed by atoms with Gasteiger partial charge in [-0.2, -0.15) is 5.10 Å². The molecule has 7 nitrogen and oxygen atoms in total. The largest absolute Gasteiger partial charge is 0.354 e. The van der Waals surface area contributed by atoms with Gasteiger partial charge in [0.1, 0.15) is 11.6 Å². The van der Waals surface area contributed by atoms with Crippen LogP contribution in [0.2, 0.25) is 0 Å². The average Bonchev–Trinajstić information content (AvgIpc) is 2.85. The predicted octanol–water partition coefficient (Wildman–Crippen LogP) is 3.43. The second-order valence-electron chi connectivity index (χ2n) is 8.60. The maximum Gasteiger partial charge on any atom is 0.275 e. The van der Waals surface area contributed by atoms with E-state index in [0.29, 0.717) is 11.2 Å². The summed E-state index contributed by atoms with van der Waals surface area (Å²) in [5, 5.41) is 5.94. The van der Waals surface area contributed by atoms with Gasteiger partial charge in [-0.05, 0) is 25.5 Å². The Morgan fingerprint density at radius 3 is 2.45 bits per heavy atom. The van der Waals surface area contributed by atoms with Crippen molar-refractivity contribution in [2.75, 3.05) is 31.1 Å². The molecule has 1 fully saturated rings. The molecule has 1 saturated heterocycles. The molecular weight excluding hydrogens is 412 g/mol. The fraction of sp³-hybridized carbons (Fsp3) is 0.308. The van der Waals surface area contributed by atoms with Crippen molar-refractivity contribution in [3.8, 4) is 0 Å². The highest BCUT2D eigenvalue weighted by atomic mass is 16.1. The van der Waals surface area contributed by atoms with Gasteiger partial charge >= 0.3 is 0 Å². The first-order chi connectivity index (χ1) is 16.1. The molecule has 0 radical (unpaired) electrons. The Bertz CT molecular complexity index is 1310. The van der Waals surface area contributed by atoms with Crippen molar-refractivity contribution in [1.29, 1.82) is 0 Å². The highest BCUT2D eigenvalue weighted by Gasteiger charge is 2.21. The molecule has 0 aliphatic carbocycles. The third-order valence-electron chi connectivity index (χ3n) is 6.30. The summed E-state index contributed by atoms with van der Waals surface area (Å²) in [5.41, 5.74) is 2.04. The molecule has 0 spiro atoms. The lowest BCUT2D eigenvalue weighted by atomic mass is 10.1. The molecular formula is C26H28N6O. The van der Waals surface area contributed by atoms with E-state index in [1.807, 2.05) is 44.2 Å². The van der Waals surface area contributed by atoms with Crippen molar-refractivity contribution in [1.82, 2.24) is 24.6 Å². The second kappa shape index (κ2) is 9.11. The molecule has 0 bridgehead atoms. The van der Waals surface area contributed by atoms with Crippen LogP contribution in [-0.2, 0) is 6.54 Å². The smallest absolute Gasteiger partial charge is 0.275 e. The fourth-order valence-corrected chi connectivity index (χ4v) is 4.43. The lowest BCUT2D eigenvalue weighted by molar-refractivity contribution is 0.249. The first kappa shape index (κ1) is 21.3. The summed E-state index contributed by atoms with van der Waals surface area (Å²) < 4.78 is 1.52. The maximum absolute atomic E-state index is 13.0. The molecule has 3 heterocycles. The molecule has 7 heteroatoms. The Hall–Kier alpha value is -3.58. The van der Waals surface area contributed by atoms with E-state index >= 15 is 0 Å². The predicted molar refractivity (Wildman–Crippen MR) is 131 cm³/mol. The number of benzene rings is 2. The summed E-state index contributed by atoms with van der Waals surface area (Å²) >= 11 is 0. The van der Waals surface area contributed by atoms with Crippen LogP contribution in [0.5, 0.6) is 0 Å². The molecule has 1 aliphatic rings. The molecule has 0 saturated carbocycles. The van der Waals surface area contributed by atoms with Crippen molar-refractivity contribution in [3.63, 3.8) is 0 Å². The van der Waals surface area contributed by atoms with Crippen molar-refractivity contribution in [3.05, 3.63) is 94.3 Å². The van der Waals surface area contributed by atoms with Crippen LogP contribution in [0, 0.1) is 6.92 Å². The summed E-state index contributed by atoms with van der Waals surface area (Å²) in [5.74, 6) is 1.62. The molecule has 4 aromatic rings. The number of anilines is 1. The molecule has 168 valence electrons. The Labute approximate surface area is 193 Å². The SMILES string of the molecule is Cc1nc(C(C)n2ncc3ccccc3c2=O)cc(N2CCN(Cc3ccccc3)CC2)n1. The van der Waals surface area contributed by atoms with E-state index in [1.165, 1.54) is 10.2 Å². The Morgan fingerprint density at radius 2 is 1.67 bits per heavy atom. The second-order valence-corrected chi connectivity index (χ2v) is 8.60. The fourth-order valence-electron chi connectivity index (χ4n) is 4.43. The summed E-state index contributed by atoms with van der Waals surface area (Å²) in [6.45, 7) is 8.62. The zero-order chi connectivity index (χ0) is 22.8. The third kappa shape index (κ3) is 4.50. The van der Waals surface area contributed by atoms with Gasteiger partial charge in [0.2, 0.25) is 0 Å². The normalized spacial score (nSPS) is 15.6. The van der Waals surface area contributed by atoms with E-state index in [0.717, 1.165) is 49.6 Å². The number of piperazine rings is 1. The number of hydrogen-bond acceptors (Lipinski definition) is 6. The lowest BCUT2D eigenvalue weighted by Crippen LogP contribution is -2.46. The standard InChI is InChI=1S/C26H28N6O/c1-19(32-26(33)23-11-7-6-10-22(23)17-27-32)24-16-25(29-20(2)28-24)31-14-12-30(13-15-31)18-21-8-4-3-5-9-21/h3-11,16-17,19H,12-15,18H2,1-2H3. The van der Waals surface area contributed by atoms with E-state index in [9.17, 15) is 4.79 Å². The molecule has 1 atom stereocenters. The van der Waals surface area contributed by atoms with Gasteiger partial charge in [0.25, 0.3) is 5.56 Å². The maximum atomic E-state index is 13.0. The van der Waals surface area contributed by atoms with E-state index in [1.54, 1.807) is 6.20 Å². The summed E-state index contributed by atoms with van der Waals surface area (Å²) in [6, 6.07) is 19.8. The van der Waals surface area contributed by atoms with Crippen molar-refractivity contribution in [2.24, 2.45) is 0 Å². The van der Waals surface area contributed by atoms with Gasteiger partial charge in [0.15, 0.2) is 0 Å². The van der Waals surface area contributed by atoms with Gasteiger partial charge in [-0.3, -0.25) is 9.69 Å². The minimum atomic E-state index is -0.290. The van der Waals surface area contributed by atoms with E-state index in [4.69, 9.17) is 4.98 Å². The minimum absolute atomic E-state index is 0.104. The summed E-state index contributed by atoms with van der Waals surface area (Å²) in [6.07, 6.45) is 1.74. The first-order valence-electron chi connectivity index (χ1n) is 11.4. The highest BCUT2D eigenvalue weighted by molar-refractivity contribution is 5.80. The van der Waals surface area contributed by atoms with Crippen molar-refractivity contribution in [2.45, 2.75) is 26.4 Å².